The number of aliphatic imine (C=N–C) groups is 1. The van der Waals surface area contributed by atoms with Crippen LogP contribution in [0.2, 0.25) is 0 Å². The van der Waals surface area contributed by atoms with Gasteiger partial charge in [-0.2, -0.15) is 0 Å². The highest BCUT2D eigenvalue weighted by atomic mass is 127. The zero-order chi connectivity index (χ0) is 23.0. The van der Waals surface area contributed by atoms with Gasteiger partial charge in [-0.1, -0.05) is 36.4 Å². The van der Waals surface area contributed by atoms with Gasteiger partial charge in [0.25, 0.3) is 0 Å². The molecule has 0 fully saturated rings. The normalized spacial score (nSPS) is 11.1. The van der Waals surface area contributed by atoms with E-state index in [-0.39, 0.29) is 24.0 Å². The van der Waals surface area contributed by atoms with Gasteiger partial charge < -0.3 is 29.6 Å². The van der Waals surface area contributed by atoms with E-state index in [1.807, 2.05) is 19.1 Å². The molecule has 2 N–H and O–H groups in total. The molecule has 7 nitrogen and oxygen atoms in total. The van der Waals surface area contributed by atoms with Crippen molar-refractivity contribution in [1.82, 2.24) is 10.6 Å². The molecule has 0 bridgehead atoms. The second kappa shape index (κ2) is 17.6. The van der Waals surface area contributed by atoms with Crippen LogP contribution in [-0.4, -0.2) is 53.2 Å². The molecular formula is C25H38IN3O4. The molecule has 33 heavy (non-hydrogen) atoms. The predicted octanol–water partition coefficient (Wildman–Crippen LogP) is 4.06. The second-order valence-electron chi connectivity index (χ2n) is 7.30. The van der Waals surface area contributed by atoms with Gasteiger partial charge >= 0.3 is 0 Å². The Morgan fingerprint density at radius 2 is 1.67 bits per heavy atom. The lowest BCUT2D eigenvalue weighted by atomic mass is 10.1. The van der Waals surface area contributed by atoms with E-state index in [9.17, 15) is 0 Å². The van der Waals surface area contributed by atoms with Crippen LogP contribution >= 0.6 is 24.0 Å². The van der Waals surface area contributed by atoms with Crippen LogP contribution in [0.4, 0.5) is 0 Å². The van der Waals surface area contributed by atoms with Gasteiger partial charge in [0.15, 0.2) is 5.96 Å². The first-order valence-corrected chi connectivity index (χ1v) is 11.0. The Kier molecular flexibility index (Phi) is 15.5. The minimum absolute atomic E-state index is 0. The number of guanidine groups is 1. The van der Waals surface area contributed by atoms with Crippen LogP contribution in [0.3, 0.4) is 0 Å². The largest absolute Gasteiger partial charge is 0.491 e. The molecule has 0 radical (unpaired) electrons. The number of methoxy groups -OCH3 is 1. The highest BCUT2D eigenvalue weighted by Crippen LogP contribution is 2.20. The monoisotopic (exact) mass is 571 g/mol. The Morgan fingerprint density at radius 1 is 0.909 bits per heavy atom. The summed E-state index contributed by atoms with van der Waals surface area (Å²) >= 11 is 0. The molecule has 0 saturated heterocycles. The molecule has 0 aliphatic rings. The Bertz CT molecular complexity index is 833. The van der Waals surface area contributed by atoms with Crippen molar-refractivity contribution in [3.8, 4) is 5.75 Å². The van der Waals surface area contributed by atoms with Gasteiger partial charge in [0.2, 0.25) is 0 Å². The van der Waals surface area contributed by atoms with Crippen molar-refractivity contribution >= 4 is 29.9 Å². The van der Waals surface area contributed by atoms with Gasteiger partial charge in [-0.3, -0.25) is 4.99 Å². The topological polar surface area (TPSA) is 73.3 Å². The van der Waals surface area contributed by atoms with Crippen molar-refractivity contribution < 1.29 is 18.9 Å². The maximum absolute atomic E-state index is 5.88. The molecular weight excluding hydrogens is 533 g/mol. The Hall–Kier alpha value is -1.88. The third-order valence-corrected chi connectivity index (χ3v) is 4.73. The fraction of sp³-hybridized carbons (Fsp3) is 0.480. The molecule has 0 aromatic heterocycles. The summed E-state index contributed by atoms with van der Waals surface area (Å²) in [6, 6.07) is 14.6. The number of benzene rings is 2. The Balaban J connectivity index is 0.00000544. The lowest BCUT2D eigenvalue weighted by molar-refractivity contribution is 0.0453. The van der Waals surface area contributed by atoms with Crippen LogP contribution in [0.25, 0.3) is 0 Å². The van der Waals surface area contributed by atoms with Crippen molar-refractivity contribution in [2.24, 2.45) is 4.99 Å². The number of hydrogen-bond donors (Lipinski definition) is 2. The quantitative estimate of drug-likeness (QED) is 0.154. The van der Waals surface area contributed by atoms with E-state index < -0.39 is 0 Å². The van der Waals surface area contributed by atoms with E-state index in [1.165, 1.54) is 0 Å². The highest BCUT2D eigenvalue weighted by Gasteiger charge is 2.06. The number of ether oxygens (including phenoxy) is 4. The van der Waals surface area contributed by atoms with E-state index in [0.29, 0.717) is 52.7 Å². The smallest absolute Gasteiger partial charge is 0.191 e. The maximum Gasteiger partial charge on any atom is 0.191 e. The molecule has 0 heterocycles. The van der Waals surface area contributed by atoms with Gasteiger partial charge in [-0.25, -0.2) is 0 Å². The summed E-state index contributed by atoms with van der Waals surface area (Å²) < 4.78 is 21.9. The van der Waals surface area contributed by atoms with Crippen molar-refractivity contribution in [3.63, 3.8) is 0 Å². The molecule has 0 unspecified atom stereocenters. The molecule has 2 aromatic rings. The summed E-state index contributed by atoms with van der Waals surface area (Å²) in [5.41, 5.74) is 4.53. The minimum atomic E-state index is 0. The van der Waals surface area contributed by atoms with Gasteiger partial charge in [0.05, 0.1) is 26.4 Å². The average molecular weight is 572 g/mol. The van der Waals surface area contributed by atoms with Crippen LogP contribution in [0.5, 0.6) is 5.75 Å². The van der Waals surface area contributed by atoms with Crippen molar-refractivity contribution in [2.45, 2.75) is 33.5 Å². The SMILES string of the molecule is CCOCCOCc1cccc(CNC(=NC)NCc2ccc(C)cc2OCCOC)c1.I. The van der Waals surface area contributed by atoms with Crippen molar-refractivity contribution in [1.29, 1.82) is 0 Å². The van der Waals surface area contributed by atoms with Gasteiger partial charge in [-0.05, 0) is 36.6 Å². The molecule has 0 amide bonds. The van der Waals surface area contributed by atoms with E-state index in [4.69, 9.17) is 18.9 Å². The predicted molar refractivity (Wildman–Crippen MR) is 144 cm³/mol. The van der Waals surface area contributed by atoms with Gasteiger partial charge in [0, 0.05) is 39.4 Å². The number of hydrogen-bond acceptors (Lipinski definition) is 5. The first-order valence-electron chi connectivity index (χ1n) is 11.0. The molecule has 0 atom stereocenters. The summed E-state index contributed by atoms with van der Waals surface area (Å²) in [5.74, 6) is 1.59. The third kappa shape index (κ3) is 11.7. The van der Waals surface area contributed by atoms with E-state index in [1.54, 1.807) is 14.2 Å². The summed E-state index contributed by atoms with van der Waals surface area (Å²) in [5, 5.41) is 6.73. The second-order valence-corrected chi connectivity index (χ2v) is 7.30. The zero-order valence-electron chi connectivity index (χ0n) is 20.2. The van der Waals surface area contributed by atoms with Crippen LogP contribution in [-0.2, 0) is 33.9 Å². The van der Waals surface area contributed by atoms with E-state index in [0.717, 1.165) is 34.0 Å². The maximum atomic E-state index is 5.88. The molecule has 184 valence electrons. The molecule has 0 aliphatic carbocycles. The number of rotatable bonds is 14. The van der Waals surface area contributed by atoms with Crippen molar-refractivity contribution in [2.75, 3.05) is 47.2 Å². The summed E-state index contributed by atoms with van der Waals surface area (Å²) in [6.07, 6.45) is 0. The summed E-state index contributed by atoms with van der Waals surface area (Å²) in [7, 11) is 3.44. The first kappa shape index (κ1) is 29.2. The zero-order valence-corrected chi connectivity index (χ0v) is 22.5. The van der Waals surface area contributed by atoms with E-state index >= 15 is 0 Å². The number of aryl methyl sites for hydroxylation is 1. The molecule has 0 spiro atoms. The highest BCUT2D eigenvalue weighted by molar-refractivity contribution is 14.0. The fourth-order valence-corrected chi connectivity index (χ4v) is 3.04. The average Bonchev–Trinajstić information content (AvgIpc) is 2.80. The lowest BCUT2D eigenvalue weighted by Gasteiger charge is -2.16. The summed E-state index contributed by atoms with van der Waals surface area (Å²) in [4.78, 5) is 4.34. The van der Waals surface area contributed by atoms with Crippen LogP contribution < -0.4 is 15.4 Å². The fourth-order valence-electron chi connectivity index (χ4n) is 3.04. The van der Waals surface area contributed by atoms with Gasteiger partial charge in [-0.15, -0.1) is 24.0 Å². The van der Waals surface area contributed by atoms with Crippen LogP contribution in [0, 0.1) is 6.92 Å². The molecule has 8 heteroatoms. The number of halogens is 1. The first-order chi connectivity index (χ1) is 15.7. The molecule has 0 aliphatic heterocycles. The van der Waals surface area contributed by atoms with Crippen molar-refractivity contribution in [3.05, 3.63) is 64.7 Å². The van der Waals surface area contributed by atoms with E-state index in [2.05, 4.69) is 52.9 Å². The molecule has 2 rings (SSSR count). The Labute approximate surface area is 215 Å². The summed E-state index contributed by atoms with van der Waals surface area (Å²) in [6.45, 7) is 8.90. The standard InChI is InChI=1S/C25H37N3O4.HI/c1-5-30-12-13-31-19-22-8-6-7-21(16-22)17-27-25(26-3)28-18-23-10-9-20(2)15-24(23)32-14-11-29-4;/h6-10,15-16H,5,11-14,17-19H2,1-4H3,(H2,26,27,28);1H. The number of nitrogens with one attached hydrogen (secondary N) is 2. The minimum Gasteiger partial charge on any atom is -0.491 e. The molecule has 2 aromatic carbocycles. The van der Waals surface area contributed by atoms with Crippen LogP contribution in [0.1, 0.15) is 29.2 Å². The third-order valence-electron chi connectivity index (χ3n) is 4.73. The molecule has 0 saturated carbocycles. The van der Waals surface area contributed by atoms with Crippen LogP contribution in [0.15, 0.2) is 47.5 Å². The number of nitrogens with zero attached hydrogens (tertiary/aromatic N) is 1. The lowest BCUT2D eigenvalue weighted by Crippen LogP contribution is -2.36. The van der Waals surface area contributed by atoms with Gasteiger partial charge in [0.1, 0.15) is 12.4 Å². The Morgan fingerprint density at radius 3 is 2.42 bits per heavy atom.